The molecule has 1 saturated carbocycles. The smallest absolute Gasteiger partial charge is 0.235 e. The summed E-state index contributed by atoms with van der Waals surface area (Å²) in [5.74, 6) is 0.531. The van der Waals surface area contributed by atoms with E-state index in [-0.39, 0.29) is 5.54 Å². The van der Waals surface area contributed by atoms with Gasteiger partial charge in [-0.05, 0) is 30.4 Å². The number of hydrogen-bond donors (Lipinski definition) is 0. The van der Waals surface area contributed by atoms with E-state index in [9.17, 15) is 4.79 Å². The molecule has 0 N–H and O–H groups in total. The predicted molar refractivity (Wildman–Crippen MR) is 72.9 cm³/mol. The molecule has 1 atom stereocenters. The highest BCUT2D eigenvalue weighted by Crippen LogP contribution is 2.42. The molecule has 0 amide bonds. The first-order valence-corrected chi connectivity index (χ1v) is 7.11. The van der Waals surface area contributed by atoms with E-state index in [1.807, 2.05) is 0 Å². The average molecular weight is 257 g/mol. The lowest BCUT2D eigenvalue weighted by molar-refractivity contribution is 0.194. The van der Waals surface area contributed by atoms with Crippen LogP contribution in [0.1, 0.15) is 49.1 Å². The van der Waals surface area contributed by atoms with Gasteiger partial charge in [-0.15, -0.1) is 0 Å². The van der Waals surface area contributed by atoms with Gasteiger partial charge in [-0.25, -0.2) is 4.79 Å². The number of aliphatic imine (C=N–C) groups is 1. The van der Waals surface area contributed by atoms with Gasteiger partial charge in [-0.1, -0.05) is 37.1 Å². The third-order valence-electron chi connectivity index (χ3n) is 4.54. The molecule has 2 fully saturated rings. The number of hydrogen-bond acceptors (Lipinski definition) is 3. The lowest BCUT2D eigenvalue weighted by atomic mass is 9.87. The van der Waals surface area contributed by atoms with Gasteiger partial charge in [0.1, 0.15) is 0 Å². The minimum absolute atomic E-state index is 0.299. The Morgan fingerprint density at radius 2 is 1.95 bits per heavy atom. The molecule has 1 unspecified atom stereocenters. The zero-order chi connectivity index (χ0) is 13.1. The van der Waals surface area contributed by atoms with E-state index in [1.54, 1.807) is 6.08 Å². The van der Waals surface area contributed by atoms with Crippen LogP contribution in [0.5, 0.6) is 0 Å². The number of isocyanates is 1. The third-order valence-corrected chi connectivity index (χ3v) is 4.54. The Balaban J connectivity index is 1.86. The van der Waals surface area contributed by atoms with Crippen molar-refractivity contribution in [3.8, 4) is 0 Å². The van der Waals surface area contributed by atoms with Gasteiger partial charge in [0.2, 0.25) is 6.08 Å². The minimum Gasteiger partial charge on any atom is -0.381 e. The van der Waals surface area contributed by atoms with Gasteiger partial charge >= 0.3 is 0 Å². The SMILES string of the molecule is O=C=NC1(c2ccc(C3CCOC3)cc2)CCCC1. The van der Waals surface area contributed by atoms with Crippen LogP contribution in [0.3, 0.4) is 0 Å². The molecule has 0 radical (unpaired) electrons. The van der Waals surface area contributed by atoms with Gasteiger partial charge in [0.25, 0.3) is 0 Å². The van der Waals surface area contributed by atoms with Crippen molar-refractivity contribution < 1.29 is 9.53 Å². The summed E-state index contributed by atoms with van der Waals surface area (Å²) in [5.41, 5.74) is 2.20. The molecule has 0 spiro atoms. The molecule has 0 bridgehead atoms. The van der Waals surface area contributed by atoms with E-state index < -0.39 is 0 Å². The van der Waals surface area contributed by atoms with Crippen LogP contribution < -0.4 is 0 Å². The van der Waals surface area contributed by atoms with Crippen LogP contribution in [0.4, 0.5) is 0 Å². The van der Waals surface area contributed by atoms with Crippen LogP contribution in [0.15, 0.2) is 29.3 Å². The second-order valence-corrected chi connectivity index (χ2v) is 5.62. The Hall–Kier alpha value is -1.44. The molecule has 1 saturated heterocycles. The van der Waals surface area contributed by atoms with Gasteiger partial charge in [-0.2, -0.15) is 4.99 Å². The Bertz CT molecular complexity index is 476. The fourth-order valence-electron chi connectivity index (χ4n) is 3.38. The maximum atomic E-state index is 10.7. The monoisotopic (exact) mass is 257 g/mol. The third kappa shape index (κ3) is 2.36. The molecule has 1 aliphatic heterocycles. The van der Waals surface area contributed by atoms with Crippen LogP contribution in [0.25, 0.3) is 0 Å². The first kappa shape index (κ1) is 12.6. The van der Waals surface area contributed by atoms with Crippen LogP contribution in [-0.4, -0.2) is 19.3 Å². The summed E-state index contributed by atoms with van der Waals surface area (Å²) in [6.07, 6.45) is 7.10. The Morgan fingerprint density at radius 3 is 2.53 bits per heavy atom. The van der Waals surface area contributed by atoms with Crippen molar-refractivity contribution >= 4 is 6.08 Å². The van der Waals surface area contributed by atoms with Crippen molar-refractivity contribution in [2.24, 2.45) is 4.99 Å². The highest BCUT2D eigenvalue weighted by Gasteiger charge is 2.35. The first-order chi connectivity index (χ1) is 9.34. The highest BCUT2D eigenvalue weighted by molar-refractivity contribution is 5.39. The molecular weight excluding hydrogens is 238 g/mol. The predicted octanol–water partition coefficient (Wildman–Crippen LogP) is 3.30. The zero-order valence-corrected chi connectivity index (χ0v) is 11.1. The molecule has 1 aromatic rings. The van der Waals surface area contributed by atoms with Gasteiger partial charge in [0, 0.05) is 12.5 Å². The second-order valence-electron chi connectivity index (χ2n) is 5.62. The molecular formula is C16H19NO2. The van der Waals surface area contributed by atoms with Crippen LogP contribution in [0.2, 0.25) is 0 Å². The number of rotatable bonds is 3. The Morgan fingerprint density at radius 1 is 1.21 bits per heavy atom. The van der Waals surface area contributed by atoms with E-state index >= 15 is 0 Å². The summed E-state index contributed by atoms with van der Waals surface area (Å²) >= 11 is 0. The average Bonchev–Trinajstić information content (AvgIpc) is 3.11. The molecule has 3 nitrogen and oxygen atoms in total. The maximum Gasteiger partial charge on any atom is 0.235 e. The van der Waals surface area contributed by atoms with E-state index in [0.717, 1.165) is 50.9 Å². The lowest BCUT2D eigenvalue weighted by Crippen LogP contribution is -2.18. The molecule has 1 heterocycles. The quantitative estimate of drug-likeness (QED) is 0.615. The van der Waals surface area contributed by atoms with Crippen molar-refractivity contribution in [1.29, 1.82) is 0 Å². The molecule has 1 aliphatic carbocycles. The summed E-state index contributed by atoms with van der Waals surface area (Å²) in [5, 5.41) is 0. The summed E-state index contributed by atoms with van der Waals surface area (Å²) in [7, 11) is 0. The summed E-state index contributed by atoms with van der Waals surface area (Å²) in [6.45, 7) is 1.70. The minimum atomic E-state index is -0.299. The topological polar surface area (TPSA) is 38.7 Å². The zero-order valence-electron chi connectivity index (χ0n) is 11.1. The standard InChI is InChI=1S/C16H19NO2/c18-12-17-16(8-1-2-9-16)15-5-3-13(4-6-15)14-7-10-19-11-14/h3-6,14H,1-2,7-11H2. The fraction of sp³-hybridized carbons (Fsp3) is 0.562. The van der Waals surface area contributed by atoms with Crippen LogP contribution >= 0.6 is 0 Å². The Labute approximate surface area is 113 Å². The molecule has 0 aromatic heterocycles. The summed E-state index contributed by atoms with van der Waals surface area (Å²) < 4.78 is 5.43. The fourth-order valence-corrected chi connectivity index (χ4v) is 3.38. The van der Waals surface area contributed by atoms with Crippen LogP contribution in [-0.2, 0) is 15.1 Å². The van der Waals surface area contributed by atoms with E-state index in [0.29, 0.717) is 5.92 Å². The van der Waals surface area contributed by atoms with Gasteiger partial charge in [0.05, 0.1) is 12.1 Å². The lowest BCUT2D eigenvalue weighted by Gasteiger charge is -2.23. The second kappa shape index (κ2) is 5.28. The van der Waals surface area contributed by atoms with Crippen molar-refractivity contribution in [3.63, 3.8) is 0 Å². The van der Waals surface area contributed by atoms with E-state index in [4.69, 9.17) is 4.74 Å². The van der Waals surface area contributed by atoms with Gasteiger partial charge in [0.15, 0.2) is 0 Å². The van der Waals surface area contributed by atoms with Gasteiger partial charge in [-0.3, -0.25) is 0 Å². The normalized spacial score (nSPS) is 25.2. The highest BCUT2D eigenvalue weighted by atomic mass is 16.5. The number of benzene rings is 1. The number of ether oxygens (including phenoxy) is 1. The molecule has 3 rings (SSSR count). The van der Waals surface area contributed by atoms with E-state index in [1.165, 1.54) is 5.56 Å². The van der Waals surface area contributed by atoms with Gasteiger partial charge < -0.3 is 4.74 Å². The molecule has 19 heavy (non-hydrogen) atoms. The molecule has 2 aliphatic rings. The van der Waals surface area contributed by atoms with Crippen LogP contribution in [0, 0.1) is 0 Å². The van der Waals surface area contributed by atoms with Crippen molar-refractivity contribution in [1.82, 2.24) is 0 Å². The van der Waals surface area contributed by atoms with Crippen molar-refractivity contribution in [3.05, 3.63) is 35.4 Å². The Kier molecular flexibility index (Phi) is 3.50. The molecule has 100 valence electrons. The first-order valence-electron chi connectivity index (χ1n) is 7.11. The number of nitrogens with zero attached hydrogens (tertiary/aromatic N) is 1. The maximum absolute atomic E-state index is 10.7. The van der Waals surface area contributed by atoms with E-state index in [2.05, 4.69) is 29.3 Å². The molecule has 1 aromatic carbocycles. The molecule has 3 heteroatoms. The number of carbonyl (C=O) groups excluding carboxylic acids is 1. The summed E-state index contributed by atoms with van der Waals surface area (Å²) in [6, 6.07) is 8.63. The summed E-state index contributed by atoms with van der Waals surface area (Å²) in [4.78, 5) is 14.8. The largest absolute Gasteiger partial charge is 0.381 e. The van der Waals surface area contributed by atoms with Crippen molar-refractivity contribution in [2.45, 2.75) is 43.6 Å². The van der Waals surface area contributed by atoms with Crippen molar-refractivity contribution in [2.75, 3.05) is 13.2 Å².